The molecule has 3 unspecified atom stereocenters. The second-order valence-electron chi connectivity index (χ2n) is 6.40. The molecule has 18 heavy (non-hydrogen) atoms. The average molecular weight is 251 g/mol. The molecule has 1 aliphatic carbocycles. The predicted molar refractivity (Wildman–Crippen MR) is 70.8 cm³/mol. The van der Waals surface area contributed by atoms with Crippen LogP contribution in [0.5, 0.6) is 0 Å². The van der Waals surface area contributed by atoms with E-state index in [9.17, 15) is 9.59 Å². The fourth-order valence-electron chi connectivity index (χ4n) is 4.49. The van der Waals surface area contributed by atoms with Gasteiger partial charge in [0.1, 0.15) is 0 Å². The van der Waals surface area contributed by atoms with E-state index in [1.807, 2.05) is 0 Å². The SMILES string of the molecule is CCC1CCCCC12CC(=O)NC(=O)C2C(C)C. The van der Waals surface area contributed by atoms with Crippen molar-refractivity contribution in [2.45, 2.75) is 59.3 Å². The Labute approximate surface area is 110 Å². The van der Waals surface area contributed by atoms with E-state index in [1.165, 1.54) is 19.3 Å². The van der Waals surface area contributed by atoms with Crippen molar-refractivity contribution >= 4 is 11.8 Å². The molecule has 0 aromatic rings. The predicted octanol–water partition coefficient (Wildman–Crippen LogP) is 2.89. The van der Waals surface area contributed by atoms with Gasteiger partial charge in [0.15, 0.2) is 0 Å². The zero-order chi connectivity index (χ0) is 13.3. The molecule has 1 aliphatic heterocycles. The van der Waals surface area contributed by atoms with Gasteiger partial charge in [-0.25, -0.2) is 0 Å². The van der Waals surface area contributed by atoms with E-state index < -0.39 is 0 Å². The Hall–Kier alpha value is -0.860. The van der Waals surface area contributed by atoms with E-state index in [2.05, 4.69) is 26.1 Å². The number of nitrogens with one attached hydrogen (secondary N) is 1. The van der Waals surface area contributed by atoms with Gasteiger partial charge in [0.2, 0.25) is 11.8 Å². The highest BCUT2D eigenvalue weighted by atomic mass is 16.2. The van der Waals surface area contributed by atoms with Crippen LogP contribution in [0, 0.1) is 23.2 Å². The first-order valence-electron chi connectivity index (χ1n) is 7.35. The molecule has 1 heterocycles. The molecule has 3 heteroatoms. The molecule has 1 saturated carbocycles. The second kappa shape index (κ2) is 5.02. The summed E-state index contributed by atoms with van der Waals surface area (Å²) in [5.41, 5.74) is -0.0550. The number of amides is 2. The third-order valence-corrected chi connectivity index (χ3v) is 5.07. The van der Waals surface area contributed by atoms with Crippen LogP contribution >= 0.6 is 0 Å². The van der Waals surface area contributed by atoms with Gasteiger partial charge >= 0.3 is 0 Å². The molecular weight excluding hydrogens is 226 g/mol. The lowest BCUT2D eigenvalue weighted by molar-refractivity contribution is -0.152. The van der Waals surface area contributed by atoms with Crippen molar-refractivity contribution in [1.29, 1.82) is 0 Å². The number of carbonyl (C=O) groups is 2. The van der Waals surface area contributed by atoms with Gasteiger partial charge in [0.05, 0.1) is 0 Å². The van der Waals surface area contributed by atoms with Crippen LogP contribution in [-0.2, 0) is 9.59 Å². The molecule has 3 nitrogen and oxygen atoms in total. The van der Waals surface area contributed by atoms with Crippen molar-refractivity contribution in [3.05, 3.63) is 0 Å². The number of hydrogen-bond acceptors (Lipinski definition) is 2. The minimum atomic E-state index is -0.0581. The summed E-state index contributed by atoms with van der Waals surface area (Å²) in [5.74, 6) is 0.776. The summed E-state index contributed by atoms with van der Waals surface area (Å²) >= 11 is 0. The normalized spacial score (nSPS) is 37.1. The quantitative estimate of drug-likeness (QED) is 0.767. The summed E-state index contributed by atoms with van der Waals surface area (Å²) in [4.78, 5) is 24.1. The standard InChI is InChI=1S/C15H25NO2/c1-4-11-7-5-6-8-15(11)9-12(17)16-14(18)13(15)10(2)3/h10-11,13H,4-9H2,1-3H3,(H,16,17,18). The Morgan fingerprint density at radius 3 is 2.67 bits per heavy atom. The Morgan fingerprint density at radius 1 is 1.33 bits per heavy atom. The second-order valence-corrected chi connectivity index (χ2v) is 6.40. The fraction of sp³-hybridized carbons (Fsp3) is 0.867. The van der Waals surface area contributed by atoms with Crippen molar-refractivity contribution in [2.75, 3.05) is 0 Å². The van der Waals surface area contributed by atoms with Gasteiger partial charge in [-0.3, -0.25) is 14.9 Å². The summed E-state index contributed by atoms with van der Waals surface area (Å²) < 4.78 is 0. The van der Waals surface area contributed by atoms with E-state index in [0.29, 0.717) is 18.3 Å². The number of piperidine rings is 1. The first kappa shape index (κ1) is 13.6. The highest BCUT2D eigenvalue weighted by molar-refractivity contribution is 5.99. The van der Waals surface area contributed by atoms with Gasteiger partial charge in [-0.2, -0.15) is 0 Å². The maximum Gasteiger partial charge on any atom is 0.230 e. The molecule has 0 aromatic heterocycles. The van der Waals surface area contributed by atoms with Gasteiger partial charge in [-0.1, -0.05) is 40.0 Å². The van der Waals surface area contributed by atoms with Crippen LogP contribution in [0.4, 0.5) is 0 Å². The van der Waals surface area contributed by atoms with Crippen LogP contribution in [0.15, 0.2) is 0 Å². The zero-order valence-corrected chi connectivity index (χ0v) is 11.8. The van der Waals surface area contributed by atoms with Crippen LogP contribution in [0.2, 0.25) is 0 Å². The molecular formula is C15H25NO2. The fourth-order valence-corrected chi connectivity index (χ4v) is 4.49. The average Bonchev–Trinajstić information content (AvgIpc) is 2.27. The molecule has 0 radical (unpaired) electrons. The van der Waals surface area contributed by atoms with E-state index >= 15 is 0 Å². The summed E-state index contributed by atoms with van der Waals surface area (Å²) in [6.45, 7) is 6.43. The van der Waals surface area contributed by atoms with Crippen LogP contribution in [-0.4, -0.2) is 11.8 Å². The number of rotatable bonds is 2. The highest BCUT2D eigenvalue weighted by Gasteiger charge is 2.53. The maximum absolute atomic E-state index is 12.2. The van der Waals surface area contributed by atoms with E-state index in [1.54, 1.807) is 0 Å². The minimum Gasteiger partial charge on any atom is -0.296 e. The summed E-state index contributed by atoms with van der Waals surface area (Å²) in [6, 6.07) is 0. The van der Waals surface area contributed by atoms with Crippen molar-refractivity contribution in [1.82, 2.24) is 5.32 Å². The summed E-state index contributed by atoms with van der Waals surface area (Å²) in [6.07, 6.45) is 6.29. The first-order valence-corrected chi connectivity index (χ1v) is 7.35. The third kappa shape index (κ3) is 2.08. The molecule has 0 aromatic carbocycles. The molecule has 0 bridgehead atoms. The maximum atomic E-state index is 12.2. The lowest BCUT2D eigenvalue weighted by atomic mass is 9.53. The molecule has 3 atom stereocenters. The molecule has 2 amide bonds. The lowest BCUT2D eigenvalue weighted by Gasteiger charge is -2.51. The Morgan fingerprint density at radius 2 is 2.06 bits per heavy atom. The smallest absolute Gasteiger partial charge is 0.230 e. The Kier molecular flexibility index (Phi) is 3.79. The van der Waals surface area contributed by atoms with Crippen LogP contribution < -0.4 is 5.32 Å². The minimum absolute atomic E-state index is 0.0143. The van der Waals surface area contributed by atoms with E-state index in [-0.39, 0.29) is 23.1 Å². The molecule has 2 fully saturated rings. The molecule has 2 aliphatic rings. The van der Waals surface area contributed by atoms with Crippen molar-refractivity contribution in [2.24, 2.45) is 23.2 Å². The molecule has 1 saturated heterocycles. The summed E-state index contributed by atoms with van der Waals surface area (Å²) in [5, 5.41) is 2.55. The third-order valence-electron chi connectivity index (χ3n) is 5.07. The Balaban J connectivity index is 2.39. The van der Waals surface area contributed by atoms with Gasteiger partial charge in [0.25, 0.3) is 0 Å². The molecule has 2 rings (SSSR count). The lowest BCUT2D eigenvalue weighted by Crippen LogP contribution is -2.57. The Bertz CT molecular complexity index is 350. The molecule has 102 valence electrons. The van der Waals surface area contributed by atoms with Gasteiger partial charge < -0.3 is 0 Å². The number of imide groups is 1. The summed E-state index contributed by atoms with van der Waals surface area (Å²) in [7, 11) is 0. The monoisotopic (exact) mass is 251 g/mol. The highest BCUT2D eigenvalue weighted by Crippen LogP contribution is 2.54. The van der Waals surface area contributed by atoms with Gasteiger partial charge in [-0.05, 0) is 30.1 Å². The van der Waals surface area contributed by atoms with E-state index in [0.717, 1.165) is 12.8 Å². The van der Waals surface area contributed by atoms with Gasteiger partial charge in [-0.15, -0.1) is 0 Å². The van der Waals surface area contributed by atoms with Crippen molar-refractivity contribution in [3.8, 4) is 0 Å². The van der Waals surface area contributed by atoms with Crippen LogP contribution in [0.25, 0.3) is 0 Å². The molecule has 1 N–H and O–H groups in total. The number of hydrogen-bond donors (Lipinski definition) is 1. The topological polar surface area (TPSA) is 46.2 Å². The zero-order valence-electron chi connectivity index (χ0n) is 11.8. The number of carbonyl (C=O) groups excluding carboxylic acids is 2. The largest absolute Gasteiger partial charge is 0.296 e. The van der Waals surface area contributed by atoms with Crippen LogP contribution in [0.1, 0.15) is 59.3 Å². The van der Waals surface area contributed by atoms with E-state index in [4.69, 9.17) is 0 Å². The van der Waals surface area contributed by atoms with Crippen molar-refractivity contribution < 1.29 is 9.59 Å². The van der Waals surface area contributed by atoms with Crippen LogP contribution in [0.3, 0.4) is 0 Å². The van der Waals surface area contributed by atoms with Gasteiger partial charge in [0, 0.05) is 12.3 Å². The molecule has 1 spiro atoms. The van der Waals surface area contributed by atoms with Crippen molar-refractivity contribution in [3.63, 3.8) is 0 Å². The first-order chi connectivity index (χ1) is 8.51.